The molecule has 0 rings (SSSR count). The van der Waals surface area contributed by atoms with Gasteiger partial charge in [0.1, 0.15) is 6.23 Å². The van der Waals surface area contributed by atoms with Gasteiger partial charge in [-0.25, -0.2) is 0 Å². The lowest BCUT2D eigenvalue weighted by Crippen LogP contribution is -2.41. The van der Waals surface area contributed by atoms with Crippen LogP contribution in [0.25, 0.3) is 0 Å². The third-order valence-corrected chi connectivity index (χ3v) is 7.43. The van der Waals surface area contributed by atoms with Crippen LogP contribution in [0, 0.1) is 0 Å². The van der Waals surface area contributed by atoms with E-state index in [9.17, 15) is 9.13 Å². The van der Waals surface area contributed by atoms with Crippen LogP contribution in [-0.2, 0) is 32.0 Å². The molecular formula is C14H33NO7P2. The number of nitrogens with zero attached hydrogens (tertiary/aromatic N) is 1. The maximum atomic E-state index is 12.3. The Bertz CT molecular complexity index is 376. The van der Waals surface area contributed by atoms with Crippen LogP contribution < -0.4 is 0 Å². The van der Waals surface area contributed by atoms with Crippen molar-refractivity contribution in [1.29, 1.82) is 0 Å². The minimum absolute atomic E-state index is 0.172. The molecule has 0 aromatic carbocycles. The van der Waals surface area contributed by atoms with E-state index in [1.165, 1.54) is 28.4 Å². The Balaban J connectivity index is 4.99. The van der Waals surface area contributed by atoms with Gasteiger partial charge in [-0.2, -0.15) is 0 Å². The molecule has 0 aliphatic heterocycles. The average molecular weight is 389 g/mol. The summed E-state index contributed by atoms with van der Waals surface area (Å²) in [7, 11) is -0.778. The van der Waals surface area contributed by atoms with Gasteiger partial charge in [0.05, 0.1) is 12.3 Å². The first-order valence-corrected chi connectivity index (χ1v) is 11.6. The van der Waals surface area contributed by atoms with Gasteiger partial charge in [-0.3, -0.25) is 14.0 Å². The highest BCUT2D eigenvalue weighted by molar-refractivity contribution is 7.54. The monoisotopic (exact) mass is 389 g/mol. The summed E-state index contributed by atoms with van der Waals surface area (Å²) in [6.45, 7) is 5.51. The van der Waals surface area contributed by atoms with E-state index in [2.05, 4.69) is 0 Å². The number of hydrogen-bond donors (Lipinski definition) is 0. The molecule has 8 nitrogen and oxygen atoms in total. The van der Waals surface area contributed by atoms with Crippen LogP contribution in [0.1, 0.15) is 26.7 Å². The Kier molecular flexibility index (Phi) is 12.7. The molecule has 1 unspecified atom stereocenters. The van der Waals surface area contributed by atoms with Gasteiger partial charge in [0.15, 0.2) is 0 Å². The fraction of sp³-hybridized carbons (Fsp3) is 1.00. The Morgan fingerprint density at radius 1 is 0.833 bits per heavy atom. The van der Waals surface area contributed by atoms with Gasteiger partial charge >= 0.3 is 15.2 Å². The van der Waals surface area contributed by atoms with Crippen LogP contribution in [0.5, 0.6) is 0 Å². The van der Waals surface area contributed by atoms with Crippen molar-refractivity contribution in [1.82, 2.24) is 4.90 Å². The molecule has 0 amide bonds. The molecule has 0 aromatic heterocycles. The Morgan fingerprint density at radius 3 is 1.54 bits per heavy atom. The van der Waals surface area contributed by atoms with Crippen LogP contribution >= 0.6 is 15.2 Å². The highest BCUT2D eigenvalue weighted by Gasteiger charge is 2.28. The zero-order valence-electron chi connectivity index (χ0n) is 15.7. The molecule has 0 aromatic rings. The Morgan fingerprint density at radius 2 is 1.25 bits per heavy atom. The first kappa shape index (κ1) is 24.2. The Hall–Kier alpha value is 0.220. The van der Waals surface area contributed by atoms with Crippen molar-refractivity contribution in [3.05, 3.63) is 0 Å². The zero-order valence-corrected chi connectivity index (χ0v) is 17.5. The van der Waals surface area contributed by atoms with E-state index >= 15 is 0 Å². The Labute approximate surface area is 146 Å². The van der Waals surface area contributed by atoms with Gasteiger partial charge in [0.2, 0.25) is 0 Å². The van der Waals surface area contributed by atoms with E-state index in [1.54, 1.807) is 0 Å². The standard InChI is InChI=1S/C14H33NO7P2/c1-7-11-22-14(8-2)15(9-12-23(16,18-3)19-4)10-13-24(17,20-5)21-6/h14H,7-13H2,1-6H3. The molecule has 24 heavy (non-hydrogen) atoms. The minimum Gasteiger partial charge on any atom is -0.363 e. The van der Waals surface area contributed by atoms with Crippen molar-refractivity contribution in [2.24, 2.45) is 0 Å². The minimum atomic E-state index is -3.12. The smallest absolute Gasteiger partial charge is 0.331 e. The SMILES string of the molecule is CCCOC(CC)N(CCP(=O)(OC)OC)CCP(=O)(OC)OC. The summed E-state index contributed by atoms with van der Waals surface area (Å²) in [6.07, 6.45) is 1.91. The second-order valence-corrected chi connectivity index (χ2v) is 9.97. The van der Waals surface area contributed by atoms with E-state index in [0.717, 1.165) is 12.8 Å². The molecule has 0 spiro atoms. The van der Waals surface area contributed by atoms with E-state index in [4.69, 9.17) is 22.8 Å². The predicted molar refractivity (Wildman–Crippen MR) is 94.9 cm³/mol. The van der Waals surface area contributed by atoms with Crippen LogP contribution in [-0.4, -0.2) is 71.6 Å². The molecule has 0 aliphatic rings. The van der Waals surface area contributed by atoms with Gasteiger partial charge < -0.3 is 22.8 Å². The molecule has 0 heterocycles. The van der Waals surface area contributed by atoms with Crippen molar-refractivity contribution in [2.45, 2.75) is 32.9 Å². The molecular weight excluding hydrogens is 356 g/mol. The zero-order chi connectivity index (χ0) is 18.6. The molecule has 0 saturated heterocycles. The summed E-state index contributed by atoms with van der Waals surface area (Å²) in [4.78, 5) is 1.98. The maximum absolute atomic E-state index is 12.3. The largest absolute Gasteiger partial charge is 0.363 e. The highest BCUT2D eigenvalue weighted by Crippen LogP contribution is 2.47. The summed E-state index contributed by atoms with van der Waals surface area (Å²) in [5.74, 6) is 0. The molecule has 0 radical (unpaired) electrons. The topological polar surface area (TPSA) is 83.5 Å². The van der Waals surface area contributed by atoms with Crippen LogP contribution in [0.2, 0.25) is 0 Å². The quantitative estimate of drug-likeness (QED) is 0.311. The normalized spacial score (nSPS) is 14.3. The second-order valence-electron chi connectivity index (χ2n) is 5.17. The summed E-state index contributed by atoms with van der Waals surface area (Å²) >= 11 is 0. The van der Waals surface area contributed by atoms with Crippen molar-refractivity contribution in [2.75, 3.05) is 60.5 Å². The molecule has 0 saturated carbocycles. The van der Waals surface area contributed by atoms with Crippen molar-refractivity contribution < 1.29 is 32.0 Å². The third kappa shape index (κ3) is 8.54. The predicted octanol–water partition coefficient (Wildman–Crippen LogP) is 3.42. The molecule has 0 N–H and O–H groups in total. The first-order chi connectivity index (χ1) is 11.3. The van der Waals surface area contributed by atoms with Crippen LogP contribution in [0.15, 0.2) is 0 Å². The van der Waals surface area contributed by atoms with E-state index < -0.39 is 15.2 Å². The van der Waals surface area contributed by atoms with Crippen LogP contribution in [0.3, 0.4) is 0 Å². The maximum Gasteiger partial charge on any atom is 0.331 e. The molecule has 0 fully saturated rings. The average Bonchev–Trinajstić information content (AvgIpc) is 2.62. The van der Waals surface area contributed by atoms with Gasteiger partial charge in [-0.05, 0) is 12.8 Å². The summed E-state index contributed by atoms with van der Waals surface area (Å²) < 4.78 is 50.3. The molecule has 0 aliphatic carbocycles. The second kappa shape index (κ2) is 12.6. The lowest BCUT2D eigenvalue weighted by Gasteiger charge is -2.32. The molecule has 10 heteroatoms. The molecule has 146 valence electrons. The van der Waals surface area contributed by atoms with Crippen molar-refractivity contribution in [3.8, 4) is 0 Å². The summed E-state index contributed by atoms with van der Waals surface area (Å²) in [6, 6.07) is 0. The van der Waals surface area contributed by atoms with E-state index in [0.29, 0.717) is 19.7 Å². The van der Waals surface area contributed by atoms with Crippen molar-refractivity contribution in [3.63, 3.8) is 0 Å². The van der Waals surface area contributed by atoms with Gasteiger partial charge in [0.25, 0.3) is 0 Å². The van der Waals surface area contributed by atoms with Crippen LogP contribution in [0.4, 0.5) is 0 Å². The number of hydrogen-bond acceptors (Lipinski definition) is 8. The van der Waals surface area contributed by atoms with Gasteiger partial charge in [-0.1, -0.05) is 13.8 Å². The highest BCUT2D eigenvalue weighted by atomic mass is 31.2. The fourth-order valence-corrected chi connectivity index (χ4v) is 4.18. The van der Waals surface area contributed by atoms with E-state index in [-0.39, 0.29) is 18.6 Å². The lowest BCUT2D eigenvalue weighted by atomic mass is 10.3. The summed E-state index contributed by atoms with van der Waals surface area (Å²) in [5, 5.41) is 0. The van der Waals surface area contributed by atoms with E-state index in [1.807, 2.05) is 18.7 Å². The number of ether oxygens (including phenoxy) is 1. The lowest BCUT2D eigenvalue weighted by molar-refractivity contribution is -0.0569. The molecule has 1 atom stereocenters. The fourth-order valence-electron chi connectivity index (χ4n) is 2.15. The third-order valence-electron chi connectivity index (χ3n) is 3.71. The van der Waals surface area contributed by atoms with Crippen molar-refractivity contribution >= 4 is 15.2 Å². The molecule has 0 bridgehead atoms. The van der Waals surface area contributed by atoms with Gasteiger partial charge in [-0.15, -0.1) is 0 Å². The summed E-state index contributed by atoms with van der Waals surface area (Å²) in [5.41, 5.74) is 0. The first-order valence-electron chi connectivity index (χ1n) is 8.10. The van der Waals surface area contributed by atoms with Gasteiger partial charge in [0, 0.05) is 48.1 Å². The number of rotatable bonds is 15.